The summed E-state index contributed by atoms with van der Waals surface area (Å²) in [6, 6.07) is 6.58. The number of hydrogen-bond donors (Lipinski definition) is 0. The molecule has 25 heavy (non-hydrogen) atoms. The molecule has 0 radical (unpaired) electrons. The standard InChI is InChI=1S/C15H11Cl3FNO4S/c1-24-15(21)8-20(14-7-12(17)11(16)6-13(14)18)25(22,23)10-4-2-9(19)3-5-10/h2-7H,8H2,1H3. The summed E-state index contributed by atoms with van der Waals surface area (Å²) in [5, 5.41) is 0.127. The van der Waals surface area contributed by atoms with E-state index in [4.69, 9.17) is 34.8 Å². The van der Waals surface area contributed by atoms with Crippen LogP contribution < -0.4 is 4.31 Å². The molecule has 134 valence electrons. The molecule has 0 heterocycles. The summed E-state index contributed by atoms with van der Waals surface area (Å²) in [5.41, 5.74) is -0.0641. The maximum atomic E-state index is 13.1. The first-order chi connectivity index (χ1) is 11.7. The van der Waals surface area contributed by atoms with Gasteiger partial charge >= 0.3 is 5.97 Å². The van der Waals surface area contributed by atoms with Crippen molar-refractivity contribution in [2.45, 2.75) is 4.90 Å². The Morgan fingerprint density at radius 2 is 1.64 bits per heavy atom. The second-order valence-electron chi connectivity index (χ2n) is 4.76. The molecule has 0 spiro atoms. The summed E-state index contributed by atoms with van der Waals surface area (Å²) in [6.07, 6.45) is 0. The Morgan fingerprint density at radius 3 is 2.20 bits per heavy atom. The van der Waals surface area contributed by atoms with Crippen LogP contribution in [0.3, 0.4) is 0 Å². The van der Waals surface area contributed by atoms with Gasteiger partial charge in [0.25, 0.3) is 10.0 Å². The first-order valence-corrected chi connectivity index (χ1v) is 9.24. The smallest absolute Gasteiger partial charge is 0.326 e. The molecule has 0 saturated heterocycles. The third-order valence-electron chi connectivity index (χ3n) is 3.16. The lowest BCUT2D eigenvalue weighted by atomic mass is 10.3. The maximum Gasteiger partial charge on any atom is 0.326 e. The predicted octanol–water partition coefficient (Wildman–Crippen LogP) is 4.15. The molecule has 2 aromatic carbocycles. The van der Waals surface area contributed by atoms with Crippen molar-refractivity contribution in [2.24, 2.45) is 0 Å². The molecule has 0 amide bonds. The van der Waals surface area contributed by atoms with Crippen molar-refractivity contribution >= 4 is 56.5 Å². The van der Waals surface area contributed by atoms with Crippen LogP contribution in [-0.4, -0.2) is 28.0 Å². The molecule has 0 aliphatic heterocycles. The van der Waals surface area contributed by atoms with E-state index < -0.39 is 28.4 Å². The summed E-state index contributed by atoms with van der Waals surface area (Å²) < 4.78 is 44.2. The van der Waals surface area contributed by atoms with Crippen LogP contribution in [-0.2, 0) is 19.6 Å². The number of sulfonamides is 1. The summed E-state index contributed by atoms with van der Waals surface area (Å²) in [7, 11) is -3.14. The van der Waals surface area contributed by atoms with Crippen molar-refractivity contribution in [3.8, 4) is 0 Å². The van der Waals surface area contributed by atoms with E-state index in [1.165, 1.54) is 12.1 Å². The molecule has 0 N–H and O–H groups in total. The van der Waals surface area contributed by atoms with E-state index in [9.17, 15) is 17.6 Å². The van der Waals surface area contributed by atoms with Crippen LogP contribution in [0.25, 0.3) is 0 Å². The second kappa shape index (κ2) is 7.78. The first-order valence-electron chi connectivity index (χ1n) is 6.66. The average Bonchev–Trinajstić information content (AvgIpc) is 2.56. The average molecular weight is 427 g/mol. The molecule has 0 atom stereocenters. The van der Waals surface area contributed by atoms with Crippen LogP contribution in [0.15, 0.2) is 41.3 Å². The van der Waals surface area contributed by atoms with Crippen molar-refractivity contribution in [3.05, 3.63) is 57.3 Å². The Kier molecular flexibility index (Phi) is 6.16. The number of carbonyl (C=O) groups is 1. The van der Waals surface area contributed by atoms with Gasteiger partial charge in [0.1, 0.15) is 12.4 Å². The van der Waals surface area contributed by atoms with Crippen LogP contribution in [0, 0.1) is 5.82 Å². The molecule has 0 saturated carbocycles. The topological polar surface area (TPSA) is 63.7 Å². The highest BCUT2D eigenvalue weighted by Gasteiger charge is 2.29. The SMILES string of the molecule is COC(=O)CN(c1cc(Cl)c(Cl)cc1Cl)S(=O)(=O)c1ccc(F)cc1. The number of benzene rings is 2. The minimum Gasteiger partial charge on any atom is -0.468 e. The monoisotopic (exact) mass is 425 g/mol. The number of rotatable bonds is 5. The molecule has 0 fully saturated rings. The quantitative estimate of drug-likeness (QED) is 0.532. The number of ether oxygens (including phenoxy) is 1. The van der Waals surface area contributed by atoms with Gasteiger partial charge in [-0.05, 0) is 36.4 Å². The molecule has 5 nitrogen and oxygen atoms in total. The molecule has 0 aliphatic rings. The Morgan fingerprint density at radius 1 is 1.08 bits per heavy atom. The number of methoxy groups -OCH3 is 1. The van der Waals surface area contributed by atoms with Crippen molar-refractivity contribution in [3.63, 3.8) is 0 Å². The summed E-state index contributed by atoms with van der Waals surface area (Å²) in [4.78, 5) is 11.5. The number of anilines is 1. The van der Waals surface area contributed by atoms with Crippen molar-refractivity contribution in [2.75, 3.05) is 18.0 Å². The van der Waals surface area contributed by atoms with Gasteiger partial charge in [-0.25, -0.2) is 12.8 Å². The molecule has 2 rings (SSSR count). The van der Waals surface area contributed by atoms with Gasteiger partial charge in [-0.2, -0.15) is 0 Å². The van der Waals surface area contributed by atoms with Crippen molar-refractivity contribution in [1.82, 2.24) is 0 Å². The van der Waals surface area contributed by atoms with E-state index in [-0.39, 0.29) is 25.7 Å². The van der Waals surface area contributed by atoms with Crippen LogP contribution in [0.2, 0.25) is 15.1 Å². The lowest BCUT2D eigenvalue weighted by molar-refractivity contribution is -0.138. The first kappa shape index (κ1) is 19.8. The number of carbonyl (C=O) groups excluding carboxylic acids is 1. The number of halogens is 4. The van der Waals surface area contributed by atoms with Crippen molar-refractivity contribution in [1.29, 1.82) is 0 Å². The largest absolute Gasteiger partial charge is 0.468 e. The molecular weight excluding hydrogens is 416 g/mol. The molecule has 10 heteroatoms. The van der Waals surface area contributed by atoms with Gasteiger partial charge in [0, 0.05) is 0 Å². The summed E-state index contributed by atoms with van der Waals surface area (Å²) in [5.74, 6) is -1.43. The van der Waals surface area contributed by atoms with Crippen LogP contribution in [0.1, 0.15) is 0 Å². The fraction of sp³-hybridized carbons (Fsp3) is 0.133. The van der Waals surface area contributed by atoms with E-state index in [0.717, 1.165) is 35.7 Å². The Bertz CT molecular complexity index is 904. The van der Waals surface area contributed by atoms with E-state index in [1.807, 2.05) is 0 Å². The van der Waals surface area contributed by atoms with Gasteiger partial charge < -0.3 is 4.74 Å². The van der Waals surface area contributed by atoms with Gasteiger partial charge in [-0.1, -0.05) is 34.8 Å². The van der Waals surface area contributed by atoms with Gasteiger partial charge in [0.05, 0.1) is 32.8 Å². The van der Waals surface area contributed by atoms with E-state index in [0.29, 0.717) is 0 Å². The molecular formula is C15H11Cl3FNO4S. The Balaban J connectivity index is 2.62. The Labute approximate surface area is 158 Å². The zero-order valence-corrected chi connectivity index (χ0v) is 15.8. The molecule has 0 aromatic heterocycles. The highest BCUT2D eigenvalue weighted by atomic mass is 35.5. The zero-order valence-electron chi connectivity index (χ0n) is 12.7. The number of hydrogen-bond acceptors (Lipinski definition) is 4. The van der Waals surface area contributed by atoms with Crippen LogP contribution >= 0.6 is 34.8 Å². The fourth-order valence-corrected chi connectivity index (χ4v) is 4.03. The zero-order chi connectivity index (χ0) is 18.8. The van der Waals surface area contributed by atoms with E-state index >= 15 is 0 Å². The normalized spacial score (nSPS) is 11.2. The van der Waals surface area contributed by atoms with E-state index in [1.54, 1.807) is 0 Å². The molecule has 0 bridgehead atoms. The summed E-state index contributed by atoms with van der Waals surface area (Å²) >= 11 is 17.9. The van der Waals surface area contributed by atoms with E-state index in [2.05, 4.69) is 4.74 Å². The molecule has 2 aromatic rings. The third kappa shape index (κ3) is 4.36. The van der Waals surface area contributed by atoms with Gasteiger partial charge in [-0.3, -0.25) is 9.10 Å². The number of esters is 1. The molecule has 0 aliphatic carbocycles. The van der Waals surface area contributed by atoms with Crippen LogP contribution in [0.4, 0.5) is 10.1 Å². The van der Waals surface area contributed by atoms with Gasteiger partial charge in [0.15, 0.2) is 0 Å². The Hall–Kier alpha value is -1.54. The summed E-state index contributed by atoms with van der Waals surface area (Å²) in [6.45, 7) is -0.659. The minimum absolute atomic E-state index is 0.0380. The van der Waals surface area contributed by atoms with Gasteiger partial charge in [0.2, 0.25) is 0 Å². The lowest BCUT2D eigenvalue weighted by Crippen LogP contribution is -2.36. The molecule has 0 unspecified atom stereocenters. The minimum atomic E-state index is -4.25. The predicted molar refractivity (Wildman–Crippen MR) is 94.4 cm³/mol. The highest BCUT2D eigenvalue weighted by molar-refractivity contribution is 7.92. The van der Waals surface area contributed by atoms with Crippen molar-refractivity contribution < 1.29 is 22.3 Å². The lowest BCUT2D eigenvalue weighted by Gasteiger charge is -2.24. The second-order valence-corrected chi connectivity index (χ2v) is 7.84. The fourth-order valence-electron chi connectivity index (χ4n) is 1.92. The third-order valence-corrected chi connectivity index (χ3v) is 5.96. The highest BCUT2D eigenvalue weighted by Crippen LogP contribution is 2.37. The van der Waals surface area contributed by atoms with Gasteiger partial charge in [-0.15, -0.1) is 0 Å². The maximum absolute atomic E-state index is 13.1. The number of nitrogens with zero attached hydrogens (tertiary/aromatic N) is 1. The van der Waals surface area contributed by atoms with Crippen LogP contribution in [0.5, 0.6) is 0 Å².